The number of benzene rings is 1. The van der Waals surface area contributed by atoms with E-state index in [1.807, 2.05) is 0 Å². The Balaban J connectivity index is 0.000000270. The summed E-state index contributed by atoms with van der Waals surface area (Å²) in [5.41, 5.74) is -0.0914. The molecule has 1 aromatic heterocycles. The van der Waals surface area contributed by atoms with Crippen molar-refractivity contribution in [2.75, 3.05) is 5.32 Å². The first-order valence-corrected chi connectivity index (χ1v) is 11.1. The fraction of sp³-hybridized carbons (Fsp3) is 0.333. The zero-order valence-corrected chi connectivity index (χ0v) is 18.5. The fourth-order valence-corrected chi connectivity index (χ4v) is 3.85. The van der Waals surface area contributed by atoms with E-state index in [2.05, 4.69) is 10.1 Å². The van der Waals surface area contributed by atoms with E-state index in [1.165, 1.54) is 12.3 Å². The highest BCUT2D eigenvalue weighted by molar-refractivity contribution is 7.89. The van der Waals surface area contributed by atoms with Gasteiger partial charge in [-0.05, 0) is 24.3 Å². The van der Waals surface area contributed by atoms with Crippen molar-refractivity contribution < 1.29 is 57.8 Å². The molecule has 0 aliphatic carbocycles. The van der Waals surface area contributed by atoms with Gasteiger partial charge in [0.25, 0.3) is 0 Å². The number of rotatable bonds is 6. The lowest BCUT2D eigenvalue weighted by atomic mass is 9.99. The van der Waals surface area contributed by atoms with E-state index in [9.17, 15) is 18.0 Å². The minimum atomic E-state index is -4.11. The summed E-state index contributed by atoms with van der Waals surface area (Å²) in [6.45, 7) is 0.221. The molecule has 1 aromatic carbocycles. The SMILES string of the molecule is NS(=O)(=O)c1cc(C(=O)O)c(NCc2ccco2)cc1Cl.O=C(O)[C@H]1OC(O)[C@H](O)[C@@H](O)[C@@H]1O. The number of aromatic carboxylic acids is 1. The second-order valence-corrected chi connectivity index (χ2v) is 8.81. The number of nitrogens with one attached hydrogen (secondary N) is 1. The van der Waals surface area contributed by atoms with Crippen LogP contribution >= 0.6 is 11.6 Å². The Bertz CT molecular complexity index is 1120. The normalized spacial score (nSPS) is 24.6. The first-order valence-electron chi connectivity index (χ1n) is 9.20. The van der Waals surface area contributed by atoms with Gasteiger partial charge in [-0.15, -0.1) is 0 Å². The quantitative estimate of drug-likeness (QED) is 0.220. The number of ether oxygens (including phenoxy) is 1. The van der Waals surface area contributed by atoms with Gasteiger partial charge in [0.15, 0.2) is 12.4 Å². The summed E-state index contributed by atoms with van der Waals surface area (Å²) in [7, 11) is -4.11. The van der Waals surface area contributed by atoms with Crippen molar-refractivity contribution >= 4 is 39.3 Å². The monoisotopic (exact) mass is 524 g/mol. The molecule has 0 spiro atoms. The number of carboxylic acid groups (broad SMARTS) is 2. The third-order valence-corrected chi connectivity index (χ3v) is 5.85. The molecular formula is C18H21ClN2O12S. The lowest BCUT2D eigenvalue weighted by molar-refractivity contribution is -0.279. The van der Waals surface area contributed by atoms with Crippen LogP contribution in [0.1, 0.15) is 16.1 Å². The van der Waals surface area contributed by atoms with Gasteiger partial charge in [0.05, 0.1) is 29.1 Å². The van der Waals surface area contributed by atoms with E-state index >= 15 is 0 Å². The number of primary sulfonamides is 1. The van der Waals surface area contributed by atoms with Crippen molar-refractivity contribution in [1.82, 2.24) is 0 Å². The van der Waals surface area contributed by atoms with Crippen LogP contribution in [0.3, 0.4) is 0 Å². The van der Waals surface area contributed by atoms with E-state index in [4.69, 9.17) is 51.8 Å². The van der Waals surface area contributed by atoms with Crippen molar-refractivity contribution in [3.05, 3.63) is 46.9 Å². The van der Waals surface area contributed by atoms with Crippen LogP contribution in [0.15, 0.2) is 39.8 Å². The molecule has 188 valence electrons. The first kappa shape index (κ1) is 27.5. The van der Waals surface area contributed by atoms with Crippen molar-refractivity contribution in [3.63, 3.8) is 0 Å². The maximum atomic E-state index is 11.3. The molecule has 2 heterocycles. The van der Waals surface area contributed by atoms with Gasteiger partial charge in [0.1, 0.15) is 29.0 Å². The van der Waals surface area contributed by atoms with Gasteiger partial charge in [0.2, 0.25) is 10.0 Å². The van der Waals surface area contributed by atoms with Crippen molar-refractivity contribution in [2.45, 2.75) is 42.1 Å². The lowest BCUT2D eigenvalue weighted by Crippen LogP contribution is -2.59. The number of furan rings is 1. The predicted octanol–water partition coefficient (Wildman–Crippen LogP) is -1.24. The average Bonchev–Trinajstić information content (AvgIpc) is 3.26. The van der Waals surface area contributed by atoms with Crippen LogP contribution in [0.4, 0.5) is 5.69 Å². The summed E-state index contributed by atoms with van der Waals surface area (Å²) in [4.78, 5) is 21.2. The van der Waals surface area contributed by atoms with Crippen LogP contribution in [0.25, 0.3) is 0 Å². The van der Waals surface area contributed by atoms with Gasteiger partial charge in [-0.3, -0.25) is 0 Å². The third kappa shape index (κ3) is 6.64. The number of aliphatic hydroxyl groups is 4. The van der Waals surface area contributed by atoms with Gasteiger partial charge in [-0.1, -0.05) is 11.6 Å². The minimum Gasteiger partial charge on any atom is -0.479 e. The standard InChI is InChI=1S/C12H11ClN2O5S.C6H10O7/c13-9-5-10(15-6-7-2-1-3-20-7)8(12(16)17)4-11(9)21(14,18)19;7-1-2(8)4(5(10)11)13-6(12)3(1)9/h1-5,15H,6H2,(H,16,17)(H2,14,18,19);1-4,6-9,12H,(H,10,11)/t;1-,2-,3+,4-,6?/m.0/s1. The Morgan fingerprint density at radius 2 is 1.74 bits per heavy atom. The number of hydrogen-bond acceptors (Lipinski definition) is 11. The van der Waals surface area contributed by atoms with E-state index in [-0.39, 0.29) is 22.8 Å². The third-order valence-electron chi connectivity index (χ3n) is 4.47. The van der Waals surface area contributed by atoms with Crippen molar-refractivity contribution in [1.29, 1.82) is 0 Å². The Morgan fingerprint density at radius 3 is 2.24 bits per heavy atom. The molecule has 0 bridgehead atoms. The number of sulfonamides is 1. The van der Waals surface area contributed by atoms with Crippen LogP contribution in [-0.4, -0.2) is 81.7 Å². The Morgan fingerprint density at radius 1 is 1.09 bits per heavy atom. The second kappa shape index (κ2) is 11.1. The zero-order chi connectivity index (χ0) is 25.8. The molecule has 1 fully saturated rings. The molecule has 2 aromatic rings. The van der Waals surface area contributed by atoms with E-state index in [0.29, 0.717) is 5.76 Å². The molecule has 3 rings (SSSR count). The van der Waals surface area contributed by atoms with Crippen LogP contribution in [0.2, 0.25) is 5.02 Å². The zero-order valence-electron chi connectivity index (χ0n) is 17.0. The van der Waals surface area contributed by atoms with Crippen LogP contribution in [-0.2, 0) is 26.1 Å². The highest BCUT2D eigenvalue weighted by Crippen LogP contribution is 2.28. The average molecular weight is 525 g/mol. The van der Waals surface area contributed by atoms with Crippen molar-refractivity contribution in [3.8, 4) is 0 Å². The Hall–Kier alpha value is -2.76. The summed E-state index contributed by atoms with van der Waals surface area (Å²) in [6, 6.07) is 5.51. The molecule has 0 radical (unpaired) electrons. The molecule has 1 unspecified atom stereocenters. The number of carbonyl (C=O) groups is 2. The summed E-state index contributed by atoms with van der Waals surface area (Å²) >= 11 is 5.84. The second-order valence-electron chi connectivity index (χ2n) is 6.87. The smallest absolute Gasteiger partial charge is 0.337 e. The molecule has 9 N–H and O–H groups in total. The van der Waals surface area contributed by atoms with Gasteiger partial charge in [-0.25, -0.2) is 23.1 Å². The lowest BCUT2D eigenvalue weighted by Gasteiger charge is -2.36. The molecule has 1 aliphatic heterocycles. The largest absolute Gasteiger partial charge is 0.479 e. The summed E-state index contributed by atoms with van der Waals surface area (Å²) < 4.78 is 32.1. The number of nitrogens with two attached hydrogens (primary N) is 1. The van der Waals surface area contributed by atoms with Gasteiger partial charge in [0, 0.05) is 0 Å². The number of carboxylic acids is 2. The maximum absolute atomic E-state index is 11.3. The summed E-state index contributed by atoms with van der Waals surface area (Å²) in [5.74, 6) is -2.24. The summed E-state index contributed by atoms with van der Waals surface area (Å²) in [5, 5.41) is 61.2. The van der Waals surface area contributed by atoms with Gasteiger partial charge < -0.3 is 45.1 Å². The number of aliphatic hydroxyl groups excluding tert-OH is 4. The van der Waals surface area contributed by atoms with Crippen molar-refractivity contribution in [2.24, 2.45) is 5.14 Å². The topological polar surface area (TPSA) is 250 Å². The van der Waals surface area contributed by atoms with E-state index < -0.39 is 57.6 Å². The van der Waals surface area contributed by atoms with E-state index in [0.717, 1.165) is 6.07 Å². The highest BCUT2D eigenvalue weighted by Gasteiger charge is 2.46. The van der Waals surface area contributed by atoms with E-state index in [1.54, 1.807) is 12.1 Å². The maximum Gasteiger partial charge on any atom is 0.337 e. The predicted molar refractivity (Wildman–Crippen MR) is 112 cm³/mol. The van der Waals surface area contributed by atoms with Gasteiger partial charge >= 0.3 is 11.9 Å². The molecule has 34 heavy (non-hydrogen) atoms. The number of halogens is 1. The number of hydrogen-bond donors (Lipinski definition) is 8. The molecule has 0 amide bonds. The molecule has 16 heteroatoms. The molecule has 5 atom stereocenters. The Kier molecular flexibility index (Phi) is 8.98. The first-order chi connectivity index (χ1) is 15.7. The fourth-order valence-electron chi connectivity index (χ4n) is 2.76. The Labute approximate surface area is 196 Å². The highest BCUT2D eigenvalue weighted by atomic mass is 35.5. The number of anilines is 1. The van der Waals surface area contributed by atoms with Crippen LogP contribution < -0.4 is 10.5 Å². The molecular weight excluding hydrogens is 504 g/mol. The summed E-state index contributed by atoms with van der Waals surface area (Å²) in [6.07, 6.45) is -7.24. The number of aliphatic carboxylic acids is 1. The molecule has 1 saturated heterocycles. The van der Waals surface area contributed by atoms with Gasteiger partial charge in [-0.2, -0.15) is 0 Å². The minimum absolute atomic E-state index is 0.163. The van der Waals surface area contributed by atoms with Crippen LogP contribution in [0.5, 0.6) is 0 Å². The molecule has 14 nitrogen and oxygen atoms in total. The molecule has 1 aliphatic rings. The van der Waals surface area contributed by atoms with Crippen LogP contribution in [0, 0.1) is 0 Å². The molecule has 0 saturated carbocycles.